The number of hydrogen-bond acceptors (Lipinski definition) is 4. The number of anilines is 1. The van der Waals surface area contributed by atoms with Crippen molar-refractivity contribution < 1.29 is 13.9 Å². The first kappa shape index (κ1) is 18.4. The predicted molar refractivity (Wildman–Crippen MR) is 99.5 cm³/mol. The van der Waals surface area contributed by atoms with Crippen LogP contribution in [-0.2, 0) is 11.3 Å². The van der Waals surface area contributed by atoms with Crippen LogP contribution >= 0.6 is 0 Å². The molecule has 1 amide bonds. The van der Waals surface area contributed by atoms with Gasteiger partial charge in [0.2, 0.25) is 5.91 Å². The summed E-state index contributed by atoms with van der Waals surface area (Å²) in [6.45, 7) is 2.43. The molecule has 1 aliphatic rings. The van der Waals surface area contributed by atoms with Crippen LogP contribution < -0.4 is 15.8 Å². The van der Waals surface area contributed by atoms with Crippen LogP contribution in [0, 0.1) is 5.82 Å². The molecule has 1 saturated heterocycles. The van der Waals surface area contributed by atoms with Crippen molar-refractivity contribution in [3.8, 4) is 5.75 Å². The lowest BCUT2D eigenvalue weighted by molar-refractivity contribution is -0.120. The molecule has 26 heavy (non-hydrogen) atoms. The van der Waals surface area contributed by atoms with E-state index in [0.717, 1.165) is 36.4 Å². The van der Waals surface area contributed by atoms with Gasteiger partial charge in [-0.3, -0.25) is 9.69 Å². The van der Waals surface area contributed by atoms with Gasteiger partial charge >= 0.3 is 0 Å². The Morgan fingerprint density at radius 2 is 1.92 bits per heavy atom. The van der Waals surface area contributed by atoms with E-state index >= 15 is 0 Å². The van der Waals surface area contributed by atoms with Gasteiger partial charge in [0, 0.05) is 18.8 Å². The molecule has 0 aliphatic carbocycles. The smallest absolute Gasteiger partial charge is 0.241 e. The molecule has 5 nitrogen and oxygen atoms in total. The van der Waals surface area contributed by atoms with Crippen LogP contribution in [0.15, 0.2) is 48.5 Å². The Labute approximate surface area is 152 Å². The van der Waals surface area contributed by atoms with E-state index in [2.05, 4.69) is 10.2 Å². The van der Waals surface area contributed by atoms with E-state index in [1.54, 1.807) is 12.1 Å². The molecule has 138 valence electrons. The second kappa shape index (κ2) is 8.78. The maximum absolute atomic E-state index is 13.1. The molecule has 6 heteroatoms. The van der Waals surface area contributed by atoms with Crippen LogP contribution in [-0.4, -0.2) is 36.5 Å². The van der Waals surface area contributed by atoms with Crippen LogP contribution in [0.3, 0.4) is 0 Å². The van der Waals surface area contributed by atoms with Gasteiger partial charge < -0.3 is 15.8 Å². The molecule has 0 bridgehead atoms. The number of ether oxygens (including phenoxy) is 1. The summed E-state index contributed by atoms with van der Waals surface area (Å²) in [6.07, 6.45) is 1.80. The third-order valence-corrected chi connectivity index (χ3v) is 4.47. The molecule has 0 aromatic heterocycles. The lowest BCUT2D eigenvalue weighted by Crippen LogP contribution is -2.39. The normalized spacial score (nSPS) is 17.2. The number of carbonyl (C=O) groups is 1. The van der Waals surface area contributed by atoms with Crippen LogP contribution in [0.25, 0.3) is 0 Å². The molecule has 1 fully saturated rings. The molecule has 2 aromatic rings. The lowest BCUT2D eigenvalue weighted by atomic mass is 10.1. The van der Waals surface area contributed by atoms with Gasteiger partial charge in [-0.15, -0.1) is 0 Å². The molecule has 2 aromatic carbocycles. The Morgan fingerprint density at radius 3 is 2.62 bits per heavy atom. The van der Waals surface area contributed by atoms with Crippen molar-refractivity contribution in [1.82, 2.24) is 4.90 Å². The first-order chi connectivity index (χ1) is 12.7. The SMILES string of the molecule is NCCOc1ccc(NC(=O)C2CCCN2Cc2ccc(F)cc2)cc1. The predicted octanol–water partition coefficient (Wildman–Crippen LogP) is 2.77. The van der Waals surface area contributed by atoms with Crippen molar-refractivity contribution in [3.63, 3.8) is 0 Å². The number of nitrogens with two attached hydrogens (primary N) is 1. The average molecular weight is 357 g/mol. The van der Waals surface area contributed by atoms with E-state index in [9.17, 15) is 9.18 Å². The van der Waals surface area contributed by atoms with Crippen molar-refractivity contribution in [3.05, 3.63) is 59.9 Å². The number of carbonyl (C=O) groups excluding carboxylic acids is 1. The van der Waals surface area contributed by atoms with Gasteiger partial charge in [-0.25, -0.2) is 4.39 Å². The first-order valence-electron chi connectivity index (χ1n) is 8.88. The van der Waals surface area contributed by atoms with E-state index < -0.39 is 0 Å². The highest BCUT2D eigenvalue weighted by atomic mass is 19.1. The first-order valence-corrected chi connectivity index (χ1v) is 8.88. The Morgan fingerprint density at radius 1 is 1.19 bits per heavy atom. The summed E-state index contributed by atoms with van der Waals surface area (Å²) >= 11 is 0. The van der Waals surface area contributed by atoms with E-state index in [-0.39, 0.29) is 17.8 Å². The maximum atomic E-state index is 13.1. The van der Waals surface area contributed by atoms with E-state index in [4.69, 9.17) is 10.5 Å². The van der Waals surface area contributed by atoms with E-state index in [0.29, 0.717) is 19.7 Å². The fraction of sp³-hybridized carbons (Fsp3) is 0.350. The van der Waals surface area contributed by atoms with Gasteiger partial charge in [0.15, 0.2) is 0 Å². The number of benzene rings is 2. The molecule has 1 aliphatic heterocycles. The molecule has 1 atom stereocenters. The highest BCUT2D eigenvalue weighted by Crippen LogP contribution is 2.22. The number of amides is 1. The number of nitrogens with zero attached hydrogens (tertiary/aromatic N) is 1. The van der Waals surface area contributed by atoms with Crippen molar-refractivity contribution in [2.24, 2.45) is 5.73 Å². The Hall–Kier alpha value is -2.44. The quantitative estimate of drug-likeness (QED) is 0.800. The van der Waals surface area contributed by atoms with Gasteiger partial charge in [-0.05, 0) is 61.3 Å². The highest BCUT2D eigenvalue weighted by molar-refractivity contribution is 5.95. The zero-order chi connectivity index (χ0) is 18.4. The molecule has 3 N–H and O–H groups in total. The second-order valence-corrected chi connectivity index (χ2v) is 6.41. The number of halogens is 1. The molecule has 1 heterocycles. The maximum Gasteiger partial charge on any atom is 0.241 e. The molecule has 0 radical (unpaired) electrons. The van der Waals surface area contributed by atoms with Crippen LogP contribution in [0.5, 0.6) is 5.75 Å². The highest BCUT2D eigenvalue weighted by Gasteiger charge is 2.30. The molecular weight excluding hydrogens is 333 g/mol. The number of hydrogen-bond donors (Lipinski definition) is 2. The monoisotopic (exact) mass is 357 g/mol. The largest absolute Gasteiger partial charge is 0.492 e. The second-order valence-electron chi connectivity index (χ2n) is 6.41. The third kappa shape index (κ3) is 4.80. The van der Waals surface area contributed by atoms with Gasteiger partial charge in [0.05, 0.1) is 6.04 Å². The van der Waals surface area contributed by atoms with Crippen molar-refractivity contribution in [1.29, 1.82) is 0 Å². The van der Waals surface area contributed by atoms with Crippen LogP contribution in [0.4, 0.5) is 10.1 Å². The summed E-state index contributed by atoms with van der Waals surface area (Å²) in [6, 6.07) is 13.5. The molecule has 0 saturated carbocycles. The minimum atomic E-state index is -0.247. The van der Waals surface area contributed by atoms with Gasteiger partial charge in [-0.2, -0.15) is 0 Å². The summed E-state index contributed by atoms with van der Waals surface area (Å²) in [4.78, 5) is 14.8. The van der Waals surface area contributed by atoms with E-state index in [1.165, 1.54) is 12.1 Å². The van der Waals surface area contributed by atoms with Gasteiger partial charge in [0.1, 0.15) is 18.2 Å². The lowest BCUT2D eigenvalue weighted by Gasteiger charge is -2.23. The van der Waals surface area contributed by atoms with Gasteiger partial charge in [-0.1, -0.05) is 12.1 Å². The molecule has 3 rings (SSSR count). The number of likely N-dealkylation sites (tertiary alicyclic amines) is 1. The summed E-state index contributed by atoms with van der Waals surface area (Å²) in [5, 5.41) is 2.97. The summed E-state index contributed by atoms with van der Waals surface area (Å²) in [7, 11) is 0. The molecule has 1 unspecified atom stereocenters. The molecule has 0 spiro atoms. The van der Waals surface area contributed by atoms with Crippen LogP contribution in [0.1, 0.15) is 18.4 Å². The van der Waals surface area contributed by atoms with Crippen molar-refractivity contribution in [2.75, 3.05) is 25.0 Å². The van der Waals surface area contributed by atoms with Crippen molar-refractivity contribution >= 4 is 11.6 Å². The molecular formula is C20H24FN3O2. The topological polar surface area (TPSA) is 67.6 Å². The van der Waals surface area contributed by atoms with Crippen molar-refractivity contribution in [2.45, 2.75) is 25.4 Å². The number of rotatable bonds is 7. The Bertz CT molecular complexity index is 719. The summed E-state index contributed by atoms with van der Waals surface area (Å²) in [5.41, 5.74) is 7.16. The van der Waals surface area contributed by atoms with Gasteiger partial charge in [0.25, 0.3) is 0 Å². The zero-order valence-corrected chi connectivity index (χ0v) is 14.7. The zero-order valence-electron chi connectivity index (χ0n) is 14.7. The minimum absolute atomic E-state index is 0.0137. The van der Waals surface area contributed by atoms with E-state index in [1.807, 2.05) is 24.3 Å². The average Bonchev–Trinajstić information content (AvgIpc) is 3.11. The minimum Gasteiger partial charge on any atom is -0.492 e. The Balaban J connectivity index is 1.58. The fourth-order valence-electron chi connectivity index (χ4n) is 3.17. The van der Waals surface area contributed by atoms with Crippen LogP contribution in [0.2, 0.25) is 0 Å². The fourth-order valence-corrected chi connectivity index (χ4v) is 3.17. The summed E-state index contributed by atoms with van der Waals surface area (Å²) in [5.74, 6) is 0.468. The number of nitrogens with one attached hydrogen (secondary N) is 1. The third-order valence-electron chi connectivity index (χ3n) is 4.47. The standard InChI is InChI=1S/C20H24FN3O2/c21-16-5-3-15(4-6-16)14-24-12-1-2-19(24)20(25)23-17-7-9-18(10-8-17)26-13-11-22/h3-10,19H,1-2,11-14,22H2,(H,23,25). The summed E-state index contributed by atoms with van der Waals surface area (Å²) < 4.78 is 18.5. The Kier molecular flexibility index (Phi) is 6.20.